The molecule has 0 fully saturated rings. The number of hydrogen-bond donors (Lipinski definition) is 0. The van der Waals surface area contributed by atoms with E-state index >= 15 is 0 Å². The van der Waals surface area contributed by atoms with E-state index in [1.807, 2.05) is 0 Å². The molecule has 0 aliphatic rings. The van der Waals surface area contributed by atoms with Gasteiger partial charge in [0.1, 0.15) is 6.29 Å². The van der Waals surface area contributed by atoms with Crippen LogP contribution in [0.4, 0.5) is 0 Å². The van der Waals surface area contributed by atoms with Crippen LogP contribution in [0.1, 0.15) is 26.3 Å². The Kier molecular flexibility index (Phi) is 2.80. The predicted molar refractivity (Wildman–Crippen MR) is 47.9 cm³/mol. The number of methoxy groups -OCH3 is 1. The molecular formula is C10H10O3. The fourth-order valence-electron chi connectivity index (χ4n) is 1.11. The molecule has 0 bridgehead atoms. The molecule has 0 saturated heterocycles. The van der Waals surface area contributed by atoms with Gasteiger partial charge in [-0.15, -0.1) is 0 Å². The molecule has 0 atom stereocenters. The zero-order valence-corrected chi connectivity index (χ0v) is 7.53. The predicted octanol–water partition coefficient (Wildman–Crippen LogP) is 1.59. The van der Waals surface area contributed by atoms with Crippen LogP contribution in [0.15, 0.2) is 18.2 Å². The van der Waals surface area contributed by atoms with Gasteiger partial charge in [0.05, 0.1) is 12.7 Å². The molecule has 0 N–H and O–H groups in total. The van der Waals surface area contributed by atoms with Crippen molar-refractivity contribution in [2.24, 2.45) is 0 Å². The van der Waals surface area contributed by atoms with Gasteiger partial charge in [-0.25, -0.2) is 4.79 Å². The van der Waals surface area contributed by atoms with Crippen molar-refractivity contribution in [1.82, 2.24) is 0 Å². The van der Waals surface area contributed by atoms with E-state index in [1.54, 1.807) is 25.1 Å². The number of aldehydes is 1. The lowest BCUT2D eigenvalue weighted by Crippen LogP contribution is -2.05. The number of rotatable bonds is 2. The first-order chi connectivity index (χ1) is 6.20. The molecule has 0 unspecified atom stereocenters. The van der Waals surface area contributed by atoms with Crippen LogP contribution in [0.5, 0.6) is 0 Å². The Labute approximate surface area is 76.3 Å². The summed E-state index contributed by atoms with van der Waals surface area (Å²) in [6.45, 7) is 1.72. The van der Waals surface area contributed by atoms with E-state index in [9.17, 15) is 9.59 Å². The van der Waals surface area contributed by atoms with E-state index in [4.69, 9.17) is 0 Å². The van der Waals surface area contributed by atoms with Gasteiger partial charge < -0.3 is 4.74 Å². The van der Waals surface area contributed by atoms with Gasteiger partial charge in [-0.2, -0.15) is 0 Å². The number of esters is 1. The Morgan fingerprint density at radius 3 is 2.69 bits per heavy atom. The Hall–Kier alpha value is -1.64. The van der Waals surface area contributed by atoms with Gasteiger partial charge in [0.25, 0.3) is 0 Å². The van der Waals surface area contributed by atoms with Crippen molar-refractivity contribution in [2.75, 3.05) is 7.11 Å². The SMILES string of the molecule is COC(=O)c1cccc(C=O)c1C. The normalized spacial score (nSPS) is 9.38. The summed E-state index contributed by atoms with van der Waals surface area (Å²) in [5.74, 6) is -0.416. The number of hydrogen-bond acceptors (Lipinski definition) is 3. The van der Waals surface area contributed by atoms with E-state index in [1.165, 1.54) is 7.11 Å². The van der Waals surface area contributed by atoms with Crippen LogP contribution >= 0.6 is 0 Å². The highest BCUT2D eigenvalue weighted by molar-refractivity contribution is 5.93. The van der Waals surface area contributed by atoms with Crippen molar-refractivity contribution in [3.63, 3.8) is 0 Å². The second kappa shape index (κ2) is 3.85. The summed E-state index contributed by atoms with van der Waals surface area (Å²) in [6.07, 6.45) is 0.724. The summed E-state index contributed by atoms with van der Waals surface area (Å²) < 4.78 is 4.56. The first-order valence-corrected chi connectivity index (χ1v) is 3.83. The Morgan fingerprint density at radius 1 is 1.46 bits per heavy atom. The monoisotopic (exact) mass is 178 g/mol. The molecule has 0 amide bonds. The van der Waals surface area contributed by atoms with E-state index in [0.29, 0.717) is 16.7 Å². The number of ether oxygens (including phenoxy) is 1. The van der Waals surface area contributed by atoms with E-state index in [2.05, 4.69) is 4.74 Å². The minimum Gasteiger partial charge on any atom is -0.465 e. The molecule has 0 saturated carbocycles. The Morgan fingerprint density at radius 2 is 2.15 bits per heavy atom. The quantitative estimate of drug-likeness (QED) is 0.510. The van der Waals surface area contributed by atoms with Crippen LogP contribution < -0.4 is 0 Å². The molecule has 3 nitrogen and oxygen atoms in total. The van der Waals surface area contributed by atoms with Gasteiger partial charge in [-0.05, 0) is 18.6 Å². The van der Waals surface area contributed by atoms with Gasteiger partial charge in [-0.1, -0.05) is 12.1 Å². The highest BCUT2D eigenvalue weighted by Crippen LogP contribution is 2.12. The molecule has 0 spiro atoms. The van der Waals surface area contributed by atoms with Gasteiger partial charge in [0, 0.05) is 5.56 Å². The molecule has 1 aromatic rings. The summed E-state index contributed by atoms with van der Waals surface area (Å²) in [4.78, 5) is 21.7. The molecule has 0 heterocycles. The summed E-state index contributed by atoms with van der Waals surface area (Å²) in [7, 11) is 1.31. The zero-order valence-electron chi connectivity index (χ0n) is 7.53. The lowest BCUT2D eigenvalue weighted by atomic mass is 10.0. The molecule has 68 valence electrons. The van der Waals surface area contributed by atoms with Crippen LogP contribution in [0.3, 0.4) is 0 Å². The standard InChI is InChI=1S/C10H10O3/c1-7-8(6-11)4-3-5-9(7)10(12)13-2/h3-6H,1-2H3. The third kappa shape index (κ3) is 1.75. The van der Waals surface area contributed by atoms with Gasteiger partial charge in [0.15, 0.2) is 0 Å². The summed E-state index contributed by atoms with van der Waals surface area (Å²) >= 11 is 0. The van der Waals surface area contributed by atoms with Crippen LogP contribution in [0.2, 0.25) is 0 Å². The van der Waals surface area contributed by atoms with E-state index in [0.717, 1.165) is 6.29 Å². The lowest BCUT2D eigenvalue weighted by Gasteiger charge is -2.04. The lowest BCUT2D eigenvalue weighted by molar-refractivity contribution is 0.0600. The van der Waals surface area contributed by atoms with E-state index < -0.39 is 5.97 Å². The van der Waals surface area contributed by atoms with Crippen molar-refractivity contribution in [3.05, 3.63) is 34.9 Å². The van der Waals surface area contributed by atoms with Gasteiger partial charge in [-0.3, -0.25) is 4.79 Å². The van der Waals surface area contributed by atoms with Crippen molar-refractivity contribution < 1.29 is 14.3 Å². The highest BCUT2D eigenvalue weighted by Gasteiger charge is 2.10. The second-order valence-corrected chi connectivity index (χ2v) is 2.63. The van der Waals surface area contributed by atoms with Gasteiger partial charge >= 0.3 is 5.97 Å². The van der Waals surface area contributed by atoms with Gasteiger partial charge in [0.2, 0.25) is 0 Å². The Bertz CT molecular complexity index is 342. The van der Waals surface area contributed by atoms with Crippen molar-refractivity contribution in [2.45, 2.75) is 6.92 Å². The smallest absolute Gasteiger partial charge is 0.338 e. The zero-order chi connectivity index (χ0) is 9.84. The van der Waals surface area contributed by atoms with Crippen LogP contribution in [0.25, 0.3) is 0 Å². The maximum Gasteiger partial charge on any atom is 0.338 e. The minimum atomic E-state index is -0.416. The van der Waals surface area contributed by atoms with Crippen molar-refractivity contribution in [3.8, 4) is 0 Å². The largest absolute Gasteiger partial charge is 0.465 e. The van der Waals surface area contributed by atoms with E-state index in [-0.39, 0.29) is 0 Å². The molecule has 0 aromatic heterocycles. The first-order valence-electron chi connectivity index (χ1n) is 3.83. The third-order valence-electron chi connectivity index (χ3n) is 1.91. The molecule has 0 radical (unpaired) electrons. The third-order valence-corrected chi connectivity index (χ3v) is 1.91. The average Bonchev–Trinajstić information content (AvgIpc) is 2.17. The number of carbonyl (C=O) groups excluding carboxylic acids is 2. The molecule has 0 aliphatic carbocycles. The van der Waals surface area contributed by atoms with Crippen LogP contribution in [0, 0.1) is 6.92 Å². The fraction of sp³-hybridized carbons (Fsp3) is 0.200. The average molecular weight is 178 g/mol. The second-order valence-electron chi connectivity index (χ2n) is 2.63. The Balaban J connectivity index is 3.23. The summed E-state index contributed by atoms with van der Waals surface area (Å²) in [5.41, 5.74) is 1.61. The van der Waals surface area contributed by atoms with Crippen molar-refractivity contribution >= 4 is 12.3 Å². The maximum atomic E-state index is 11.2. The first kappa shape index (κ1) is 9.45. The topological polar surface area (TPSA) is 43.4 Å². The molecule has 1 rings (SSSR count). The molecule has 1 aromatic carbocycles. The summed E-state index contributed by atoms with van der Waals surface area (Å²) in [6, 6.07) is 4.95. The summed E-state index contributed by atoms with van der Waals surface area (Å²) in [5, 5.41) is 0. The van der Waals surface area contributed by atoms with Crippen LogP contribution in [-0.4, -0.2) is 19.4 Å². The highest BCUT2D eigenvalue weighted by atomic mass is 16.5. The van der Waals surface area contributed by atoms with Crippen molar-refractivity contribution in [1.29, 1.82) is 0 Å². The fourth-order valence-corrected chi connectivity index (χ4v) is 1.11. The maximum absolute atomic E-state index is 11.2. The molecular weight excluding hydrogens is 168 g/mol. The molecule has 0 aliphatic heterocycles. The molecule has 13 heavy (non-hydrogen) atoms. The number of carbonyl (C=O) groups is 2. The molecule has 3 heteroatoms. The number of benzene rings is 1. The minimum absolute atomic E-state index is 0.416. The van der Waals surface area contributed by atoms with Crippen LogP contribution in [-0.2, 0) is 4.74 Å².